The fraction of sp³-hybridized carbons (Fsp3) is 0.591. The van der Waals surface area contributed by atoms with E-state index in [1.54, 1.807) is 56.8 Å². The van der Waals surface area contributed by atoms with Crippen LogP contribution in [0, 0.1) is 0 Å². The summed E-state index contributed by atoms with van der Waals surface area (Å²) in [6, 6.07) is 6.14. The monoisotopic (exact) mass is 450 g/mol. The highest BCUT2D eigenvalue weighted by Gasteiger charge is 2.25. The lowest BCUT2D eigenvalue weighted by Crippen LogP contribution is -2.47. The first kappa shape index (κ1) is 25.0. The summed E-state index contributed by atoms with van der Waals surface area (Å²) >= 11 is 1.60. The molecule has 172 valence electrons. The fourth-order valence-corrected chi connectivity index (χ4v) is 3.54. The molecule has 0 aromatic heterocycles. The van der Waals surface area contributed by atoms with Crippen LogP contribution in [0.2, 0.25) is 0 Å². The molecule has 1 heterocycles. The molecule has 1 fully saturated rings. The predicted octanol–water partition coefficient (Wildman–Crippen LogP) is 2.66. The second-order valence-electron chi connectivity index (χ2n) is 8.64. The van der Waals surface area contributed by atoms with Gasteiger partial charge in [0.05, 0.1) is 0 Å². The van der Waals surface area contributed by atoms with E-state index in [0.717, 1.165) is 13.1 Å². The Morgan fingerprint density at radius 2 is 1.71 bits per heavy atom. The Bertz CT molecular complexity index is 756. The minimum atomic E-state index is -0.714. The van der Waals surface area contributed by atoms with Gasteiger partial charge in [-0.3, -0.25) is 9.59 Å². The molecule has 0 radical (unpaired) electrons. The highest BCUT2D eigenvalue weighted by molar-refractivity contribution is 7.98. The van der Waals surface area contributed by atoms with Crippen LogP contribution < -0.4 is 10.6 Å². The minimum Gasteiger partial charge on any atom is -0.444 e. The van der Waals surface area contributed by atoms with E-state index in [0.29, 0.717) is 36.5 Å². The number of piperazine rings is 1. The molecule has 0 saturated carbocycles. The van der Waals surface area contributed by atoms with E-state index in [4.69, 9.17) is 4.74 Å². The normalized spacial score (nSPS) is 15.8. The SMILES string of the molecule is CSCCC(NC(=O)OC(C)(C)C)C(=O)Nc1ccc(C(=O)N2CCN(C)CC2)cc1. The third-order valence-corrected chi connectivity index (χ3v) is 5.45. The van der Waals surface area contributed by atoms with Gasteiger partial charge in [-0.2, -0.15) is 11.8 Å². The lowest BCUT2D eigenvalue weighted by molar-refractivity contribution is -0.118. The minimum absolute atomic E-state index is 0.00424. The van der Waals surface area contributed by atoms with Crippen molar-refractivity contribution in [2.24, 2.45) is 0 Å². The van der Waals surface area contributed by atoms with Gasteiger partial charge in [0.2, 0.25) is 5.91 Å². The van der Waals surface area contributed by atoms with Crippen LogP contribution in [-0.4, -0.2) is 84.6 Å². The number of benzene rings is 1. The van der Waals surface area contributed by atoms with Crippen molar-refractivity contribution in [2.45, 2.75) is 38.8 Å². The van der Waals surface area contributed by atoms with Crippen molar-refractivity contribution in [2.75, 3.05) is 50.6 Å². The first-order valence-corrected chi connectivity index (χ1v) is 11.9. The van der Waals surface area contributed by atoms with Crippen LogP contribution in [0.4, 0.5) is 10.5 Å². The first-order valence-electron chi connectivity index (χ1n) is 10.5. The molecule has 1 aliphatic heterocycles. The predicted molar refractivity (Wildman–Crippen MR) is 125 cm³/mol. The topological polar surface area (TPSA) is 91.0 Å². The molecule has 0 spiro atoms. The largest absolute Gasteiger partial charge is 0.444 e. The summed E-state index contributed by atoms with van der Waals surface area (Å²) < 4.78 is 5.27. The van der Waals surface area contributed by atoms with Crippen molar-refractivity contribution in [3.63, 3.8) is 0 Å². The number of nitrogens with one attached hydrogen (secondary N) is 2. The Labute approximate surface area is 189 Å². The van der Waals surface area contributed by atoms with E-state index < -0.39 is 17.7 Å². The molecule has 1 unspecified atom stereocenters. The number of nitrogens with zero attached hydrogens (tertiary/aromatic N) is 2. The van der Waals surface area contributed by atoms with Crippen LogP contribution in [0.1, 0.15) is 37.6 Å². The fourth-order valence-electron chi connectivity index (χ4n) is 3.07. The molecular formula is C22H34N4O4S. The number of alkyl carbamates (subject to hydrolysis) is 1. The van der Waals surface area contributed by atoms with Crippen LogP contribution >= 0.6 is 11.8 Å². The summed E-state index contributed by atoms with van der Waals surface area (Å²) in [4.78, 5) is 41.6. The summed E-state index contributed by atoms with van der Waals surface area (Å²) in [5.74, 6) is 0.389. The van der Waals surface area contributed by atoms with Crippen LogP contribution in [0.5, 0.6) is 0 Å². The zero-order valence-electron chi connectivity index (χ0n) is 19.1. The van der Waals surface area contributed by atoms with Gasteiger partial charge in [-0.25, -0.2) is 4.79 Å². The molecule has 31 heavy (non-hydrogen) atoms. The number of rotatable bonds is 7. The number of carbonyl (C=O) groups excluding carboxylic acids is 3. The smallest absolute Gasteiger partial charge is 0.408 e. The first-order chi connectivity index (χ1) is 14.6. The van der Waals surface area contributed by atoms with Gasteiger partial charge in [0.25, 0.3) is 5.91 Å². The number of likely N-dealkylation sites (N-methyl/N-ethyl adjacent to an activating group) is 1. The highest BCUT2D eigenvalue weighted by atomic mass is 32.2. The molecule has 1 saturated heterocycles. The maximum absolute atomic E-state index is 12.7. The van der Waals surface area contributed by atoms with Gasteiger partial charge in [0.1, 0.15) is 11.6 Å². The molecule has 0 bridgehead atoms. The number of carbonyl (C=O) groups is 3. The van der Waals surface area contributed by atoms with Gasteiger partial charge in [-0.05, 0) is 70.5 Å². The molecule has 3 amide bonds. The number of thioether (sulfide) groups is 1. The van der Waals surface area contributed by atoms with E-state index in [9.17, 15) is 14.4 Å². The molecular weight excluding hydrogens is 416 g/mol. The second kappa shape index (κ2) is 11.4. The van der Waals surface area contributed by atoms with Crippen LogP contribution in [0.3, 0.4) is 0 Å². The van der Waals surface area contributed by atoms with Crippen molar-refractivity contribution in [3.8, 4) is 0 Å². The third-order valence-electron chi connectivity index (χ3n) is 4.81. The Morgan fingerprint density at radius 3 is 2.26 bits per heavy atom. The Morgan fingerprint density at radius 1 is 1.10 bits per heavy atom. The molecule has 1 aliphatic rings. The molecule has 9 heteroatoms. The highest BCUT2D eigenvalue weighted by Crippen LogP contribution is 2.14. The summed E-state index contributed by atoms with van der Waals surface area (Å²) in [5, 5.41) is 5.47. The number of hydrogen-bond acceptors (Lipinski definition) is 6. The molecule has 1 aromatic rings. The van der Waals surface area contributed by atoms with E-state index in [2.05, 4.69) is 15.5 Å². The maximum atomic E-state index is 12.7. The molecule has 2 N–H and O–H groups in total. The van der Waals surface area contributed by atoms with Gasteiger partial charge in [-0.1, -0.05) is 0 Å². The Hall–Kier alpha value is -2.26. The quantitative estimate of drug-likeness (QED) is 0.664. The lowest BCUT2D eigenvalue weighted by Gasteiger charge is -2.32. The number of ether oxygens (including phenoxy) is 1. The van der Waals surface area contributed by atoms with E-state index in [1.165, 1.54) is 0 Å². The van der Waals surface area contributed by atoms with E-state index >= 15 is 0 Å². The average Bonchev–Trinajstić information content (AvgIpc) is 2.70. The zero-order valence-corrected chi connectivity index (χ0v) is 19.9. The molecule has 1 aromatic carbocycles. The summed E-state index contributed by atoms with van der Waals surface area (Å²) in [6.07, 6.45) is 1.80. The summed E-state index contributed by atoms with van der Waals surface area (Å²) in [5.41, 5.74) is 0.518. The average molecular weight is 451 g/mol. The second-order valence-corrected chi connectivity index (χ2v) is 9.63. The lowest BCUT2D eigenvalue weighted by atomic mass is 10.1. The number of anilines is 1. The molecule has 1 atom stereocenters. The standard InChI is InChI=1S/C22H34N4O4S/c1-22(2,3)30-21(29)24-18(10-15-31-5)19(27)23-17-8-6-16(7-9-17)20(28)26-13-11-25(4)12-14-26/h6-9,18H,10-15H2,1-5H3,(H,23,27)(H,24,29). The van der Waals surface area contributed by atoms with Gasteiger partial charge in [0, 0.05) is 37.4 Å². The summed E-state index contributed by atoms with van der Waals surface area (Å²) in [6.45, 7) is 8.46. The number of amides is 3. The third kappa shape index (κ3) is 8.41. The van der Waals surface area contributed by atoms with Crippen molar-refractivity contribution in [3.05, 3.63) is 29.8 Å². The maximum Gasteiger partial charge on any atom is 0.408 e. The van der Waals surface area contributed by atoms with Gasteiger partial charge in [-0.15, -0.1) is 0 Å². The molecule has 8 nitrogen and oxygen atoms in total. The van der Waals surface area contributed by atoms with Crippen molar-refractivity contribution in [1.82, 2.24) is 15.1 Å². The van der Waals surface area contributed by atoms with Crippen molar-refractivity contribution < 1.29 is 19.1 Å². The Balaban J connectivity index is 1.97. The van der Waals surface area contributed by atoms with Gasteiger partial charge in [0.15, 0.2) is 0 Å². The van der Waals surface area contributed by atoms with Crippen molar-refractivity contribution in [1.29, 1.82) is 0 Å². The zero-order chi connectivity index (χ0) is 23.0. The van der Waals surface area contributed by atoms with E-state index in [-0.39, 0.29) is 11.8 Å². The molecule has 2 rings (SSSR count). The van der Waals surface area contributed by atoms with Crippen LogP contribution in [0.15, 0.2) is 24.3 Å². The van der Waals surface area contributed by atoms with Gasteiger partial charge >= 0.3 is 6.09 Å². The summed E-state index contributed by atoms with van der Waals surface area (Å²) in [7, 11) is 2.05. The Kier molecular flexibility index (Phi) is 9.18. The van der Waals surface area contributed by atoms with Gasteiger partial charge < -0.3 is 25.2 Å². The van der Waals surface area contributed by atoms with Crippen LogP contribution in [-0.2, 0) is 9.53 Å². The number of hydrogen-bond donors (Lipinski definition) is 2. The van der Waals surface area contributed by atoms with E-state index in [1.807, 2.05) is 18.2 Å². The molecule has 0 aliphatic carbocycles. The van der Waals surface area contributed by atoms with Crippen LogP contribution in [0.25, 0.3) is 0 Å². The van der Waals surface area contributed by atoms with Crippen molar-refractivity contribution >= 4 is 35.4 Å².